The fourth-order valence-corrected chi connectivity index (χ4v) is 3.53. The molecule has 0 saturated heterocycles. The third-order valence-electron chi connectivity index (χ3n) is 4.74. The van der Waals surface area contributed by atoms with Crippen LogP contribution in [0.3, 0.4) is 0 Å². The first kappa shape index (κ1) is 20.1. The normalized spacial score (nSPS) is 15.8. The topological polar surface area (TPSA) is 32.7 Å². The second-order valence-corrected chi connectivity index (χ2v) is 7.89. The highest BCUT2D eigenvalue weighted by Crippen LogP contribution is 2.29. The van der Waals surface area contributed by atoms with Crippen LogP contribution in [0.1, 0.15) is 50.3 Å². The number of hydrogen-bond donors (Lipinski definition) is 0. The molecule has 1 amide bonds. The van der Waals surface area contributed by atoms with Gasteiger partial charge in [-0.25, -0.2) is 5.01 Å². The van der Waals surface area contributed by atoms with Crippen molar-refractivity contribution in [1.29, 1.82) is 0 Å². The first-order valence-electron chi connectivity index (χ1n) is 9.46. The maximum absolute atomic E-state index is 12.2. The molecule has 1 aliphatic heterocycles. The fraction of sp³-hybridized carbons (Fsp3) is 0.292. The van der Waals surface area contributed by atoms with Crippen molar-refractivity contribution in [3.63, 3.8) is 0 Å². The van der Waals surface area contributed by atoms with Crippen LogP contribution < -0.4 is 0 Å². The van der Waals surface area contributed by atoms with Gasteiger partial charge >= 0.3 is 0 Å². The SMILES string of the molecule is CC(=O)N1N=C(c2ccc(C)cc2)C[C@@H]1CC(=C=C(C)C)c1ccc(Cl)cc1. The van der Waals surface area contributed by atoms with Crippen LogP contribution in [0.15, 0.2) is 64.9 Å². The highest BCUT2D eigenvalue weighted by molar-refractivity contribution is 6.30. The first-order chi connectivity index (χ1) is 13.3. The third kappa shape index (κ3) is 4.81. The Morgan fingerprint density at radius 2 is 1.75 bits per heavy atom. The Kier molecular flexibility index (Phi) is 6.18. The highest BCUT2D eigenvalue weighted by atomic mass is 35.5. The Morgan fingerprint density at radius 3 is 2.32 bits per heavy atom. The fourth-order valence-electron chi connectivity index (χ4n) is 3.40. The summed E-state index contributed by atoms with van der Waals surface area (Å²) in [5, 5.41) is 6.97. The Bertz CT molecular complexity index is 961. The lowest BCUT2D eigenvalue weighted by molar-refractivity contribution is -0.130. The van der Waals surface area contributed by atoms with Crippen LogP contribution in [0.4, 0.5) is 0 Å². The summed E-state index contributed by atoms with van der Waals surface area (Å²) in [7, 11) is 0. The van der Waals surface area contributed by atoms with Gasteiger partial charge in [0.25, 0.3) is 0 Å². The lowest BCUT2D eigenvalue weighted by Crippen LogP contribution is -2.31. The predicted molar refractivity (Wildman–Crippen MR) is 116 cm³/mol. The van der Waals surface area contributed by atoms with Gasteiger partial charge in [-0.05, 0) is 49.6 Å². The lowest BCUT2D eigenvalue weighted by Gasteiger charge is -2.21. The Morgan fingerprint density at radius 1 is 1.11 bits per heavy atom. The predicted octanol–water partition coefficient (Wildman–Crippen LogP) is 6.01. The summed E-state index contributed by atoms with van der Waals surface area (Å²) in [4.78, 5) is 12.2. The summed E-state index contributed by atoms with van der Waals surface area (Å²) in [5.41, 5.74) is 9.92. The minimum Gasteiger partial charge on any atom is -0.273 e. The first-order valence-corrected chi connectivity index (χ1v) is 9.84. The Labute approximate surface area is 172 Å². The van der Waals surface area contributed by atoms with Crippen molar-refractivity contribution in [2.75, 3.05) is 0 Å². The summed E-state index contributed by atoms with van der Waals surface area (Å²) in [6, 6.07) is 16.0. The molecule has 0 radical (unpaired) electrons. The number of carbonyl (C=O) groups excluding carboxylic acids is 1. The molecule has 0 fully saturated rings. The van der Waals surface area contributed by atoms with E-state index in [1.165, 1.54) is 5.56 Å². The van der Waals surface area contributed by atoms with Crippen LogP contribution in [0.25, 0.3) is 5.57 Å². The minimum absolute atomic E-state index is 0.0219. The zero-order valence-corrected chi connectivity index (χ0v) is 17.5. The van der Waals surface area contributed by atoms with E-state index in [9.17, 15) is 4.79 Å². The number of rotatable bonds is 4. The van der Waals surface area contributed by atoms with Crippen LogP contribution in [-0.2, 0) is 4.79 Å². The van der Waals surface area contributed by atoms with E-state index in [1.807, 2.05) is 38.1 Å². The standard InChI is InChI=1S/C24H25ClN2O/c1-16(2)13-21(19-9-11-22(25)12-10-19)14-23-15-24(26-27(23)18(4)28)20-7-5-17(3)6-8-20/h5-12,23H,14-15H2,1-4H3/t23-/m0/s1. The van der Waals surface area contributed by atoms with E-state index >= 15 is 0 Å². The molecule has 0 bridgehead atoms. The lowest BCUT2D eigenvalue weighted by atomic mass is 9.94. The second-order valence-electron chi connectivity index (χ2n) is 7.45. The van der Waals surface area contributed by atoms with Gasteiger partial charge in [0.1, 0.15) is 0 Å². The second kappa shape index (κ2) is 8.60. The molecule has 28 heavy (non-hydrogen) atoms. The zero-order valence-electron chi connectivity index (χ0n) is 16.8. The molecular formula is C24H25ClN2O. The Hall–Kier alpha value is -2.61. The quantitative estimate of drug-likeness (QED) is 0.586. The van der Waals surface area contributed by atoms with Crippen LogP contribution in [0.5, 0.6) is 0 Å². The van der Waals surface area contributed by atoms with Crippen molar-refractivity contribution in [2.45, 2.75) is 46.6 Å². The van der Waals surface area contributed by atoms with Gasteiger partial charge in [0.05, 0.1) is 11.8 Å². The molecule has 1 heterocycles. The molecule has 3 nitrogen and oxygen atoms in total. The number of halogens is 1. The van der Waals surface area contributed by atoms with E-state index in [0.717, 1.165) is 34.4 Å². The van der Waals surface area contributed by atoms with E-state index in [2.05, 4.69) is 42.0 Å². The summed E-state index contributed by atoms with van der Waals surface area (Å²) in [6.45, 7) is 7.69. The smallest absolute Gasteiger partial charge is 0.239 e. The van der Waals surface area contributed by atoms with Gasteiger partial charge < -0.3 is 0 Å². The molecule has 4 heteroatoms. The van der Waals surface area contributed by atoms with Crippen LogP contribution in [0.2, 0.25) is 5.02 Å². The molecule has 0 unspecified atom stereocenters. The van der Waals surface area contributed by atoms with E-state index in [1.54, 1.807) is 11.9 Å². The highest BCUT2D eigenvalue weighted by Gasteiger charge is 2.31. The molecule has 1 atom stereocenters. The summed E-state index contributed by atoms with van der Waals surface area (Å²) in [6.07, 6.45) is 1.41. The van der Waals surface area contributed by atoms with Crippen molar-refractivity contribution in [2.24, 2.45) is 5.10 Å². The van der Waals surface area contributed by atoms with Gasteiger partial charge in [-0.2, -0.15) is 5.10 Å². The van der Waals surface area contributed by atoms with Gasteiger partial charge in [-0.1, -0.05) is 53.6 Å². The van der Waals surface area contributed by atoms with Gasteiger partial charge in [0, 0.05) is 30.4 Å². The van der Waals surface area contributed by atoms with Gasteiger partial charge in [-0.15, -0.1) is 5.73 Å². The van der Waals surface area contributed by atoms with E-state index in [4.69, 9.17) is 11.6 Å². The van der Waals surface area contributed by atoms with Crippen molar-refractivity contribution >= 4 is 28.8 Å². The summed E-state index contributed by atoms with van der Waals surface area (Å²) in [5.74, 6) is -0.0419. The molecule has 3 rings (SSSR count). The average Bonchev–Trinajstić information content (AvgIpc) is 3.06. The maximum Gasteiger partial charge on any atom is 0.239 e. The molecule has 1 aliphatic rings. The molecule has 0 aliphatic carbocycles. The van der Waals surface area contributed by atoms with E-state index < -0.39 is 0 Å². The molecule has 0 N–H and O–H groups in total. The van der Waals surface area contributed by atoms with E-state index in [-0.39, 0.29) is 11.9 Å². The molecule has 144 valence electrons. The molecule has 2 aromatic rings. The summed E-state index contributed by atoms with van der Waals surface area (Å²) >= 11 is 6.05. The molecule has 0 spiro atoms. The van der Waals surface area contributed by atoms with Gasteiger partial charge in [0.2, 0.25) is 5.91 Å². The largest absolute Gasteiger partial charge is 0.273 e. The number of hydrazone groups is 1. The number of aryl methyl sites for hydroxylation is 1. The molecule has 0 saturated carbocycles. The zero-order chi connectivity index (χ0) is 20.3. The number of nitrogens with zero attached hydrogens (tertiary/aromatic N) is 2. The number of amides is 1. The molecule has 0 aromatic heterocycles. The third-order valence-corrected chi connectivity index (χ3v) is 5.00. The number of hydrogen-bond acceptors (Lipinski definition) is 2. The average molecular weight is 393 g/mol. The summed E-state index contributed by atoms with van der Waals surface area (Å²) < 4.78 is 0. The van der Waals surface area contributed by atoms with Crippen LogP contribution in [-0.4, -0.2) is 22.7 Å². The van der Waals surface area contributed by atoms with E-state index in [0.29, 0.717) is 11.4 Å². The maximum atomic E-state index is 12.2. The molecule has 2 aromatic carbocycles. The monoisotopic (exact) mass is 392 g/mol. The number of carbonyl (C=O) groups is 1. The van der Waals surface area contributed by atoms with Crippen molar-refractivity contribution in [1.82, 2.24) is 5.01 Å². The van der Waals surface area contributed by atoms with Crippen molar-refractivity contribution in [3.8, 4) is 0 Å². The van der Waals surface area contributed by atoms with Crippen LogP contribution >= 0.6 is 11.6 Å². The van der Waals surface area contributed by atoms with Crippen LogP contribution in [0, 0.1) is 6.92 Å². The van der Waals surface area contributed by atoms with Crippen molar-refractivity contribution in [3.05, 3.63) is 81.5 Å². The van der Waals surface area contributed by atoms with Crippen molar-refractivity contribution < 1.29 is 4.79 Å². The molecular weight excluding hydrogens is 368 g/mol. The minimum atomic E-state index is -0.0419. The van der Waals surface area contributed by atoms with Gasteiger partial charge in [0.15, 0.2) is 0 Å². The Balaban J connectivity index is 1.90. The number of benzene rings is 2. The van der Waals surface area contributed by atoms with Gasteiger partial charge in [-0.3, -0.25) is 4.79 Å².